The Morgan fingerprint density at radius 1 is 0.765 bits per heavy atom. The van der Waals surface area contributed by atoms with Crippen LogP contribution in [0.3, 0.4) is 0 Å². The molecule has 0 unspecified atom stereocenters. The maximum absolute atomic E-state index is 13.2. The third-order valence-corrected chi connectivity index (χ3v) is 6.03. The van der Waals surface area contributed by atoms with E-state index >= 15 is 0 Å². The minimum Gasteiger partial charge on any atom is -0.497 e. The molecule has 7 heteroatoms. The Hall–Kier alpha value is -4.65. The summed E-state index contributed by atoms with van der Waals surface area (Å²) in [6.45, 7) is 0. The van der Waals surface area contributed by atoms with Gasteiger partial charge in [-0.1, -0.05) is 12.1 Å². The van der Waals surface area contributed by atoms with Gasteiger partial charge in [-0.2, -0.15) is 0 Å². The zero-order valence-corrected chi connectivity index (χ0v) is 18.6. The van der Waals surface area contributed by atoms with Gasteiger partial charge in [0.15, 0.2) is 0 Å². The molecule has 0 radical (unpaired) electrons. The van der Waals surface area contributed by atoms with E-state index in [2.05, 4.69) is 9.97 Å². The van der Waals surface area contributed by atoms with Gasteiger partial charge in [0.05, 0.1) is 29.2 Å². The third kappa shape index (κ3) is 3.09. The van der Waals surface area contributed by atoms with E-state index in [1.54, 1.807) is 43.6 Å². The van der Waals surface area contributed by atoms with Crippen LogP contribution in [0.4, 0.5) is 5.69 Å². The van der Waals surface area contributed by atoms with Crippen LogP contribution in [0, 0.1) is 0 Å². The van der Waals surface area contributed by atoms with E-state index in [4.69, 9.17) is 14.7 Å². The van der Waals surface area contributed by atoms with E-state index in [1.807, 2.05) is 54.6 Å². The molecule has 0 aliphatic carbocycles. The van der Waals surface area contributed by atoms with Gasteiger partial charge in [0.1, 0.15) is 16.8 Å². The Labute approximate surface area is 194 Å². The molecule has 0 spiro atoms. The van der Waals surface area contributed by atoms with Gasteiger partial charge in [-0.3, -0.25) is 14.8 Å². The number of pyridine rings is 2. The number of fused-ring (bicyclic) bond motifs is 7. The second-order valence-electron chi connectivity index (χ2n) is 7.99. The van der Waals surface area contributed by atoms with Crippen molar-refractivity contribution < 1.29 is 9.53 Å². The Bertz CT molecular complexity index is 1730. The molecule has 0 aliphatic heterocycles. The fourth-order valence-corrected chi connectivity index (χ4v) is 4.26. The molecule has 3 aromatic heterocycles. The van der Waals surface area contributed by atoms with Crippen LogP contribution in [0.1, 0.15) is 10.4 Å². The molecule has 0 fully saturated rings. The van der Waals surface area contributed by atoms with Gasteiger partial charge in [-0.05, 0) is 54.6 Å². The quantitative estimate of drug-likeness (QED) is 0.276. The van der Waals surface area contributed by atoms with Gasteiger partial charge in [0.25, 0.3) is 5.91 Å². The SMILES string of the molecule is COc1ccc(N(C)C(=O)c2ccc3nc4c5ncccc5c5cccnc5c4nc3c2)cc1. The monoisotopic (exact) mass is 445 g/mol. The van der Waals surface area contributed by atoms with E-state index < -0.39 is 0 Å². The lowest BCUT2D eigenvalue weighted by Gasteiger charge is -2.18. The highest BCUT2D eigenvalue weighted by Gasteiger charge is 2.17. The summed E-state index contributed by atoms with van der Waals surface area (Å²) < 4.78 is 5.21. The number of aromatic nitrogens is 4. The second kappa shape index (κ2) is 7.74. The lowest BCUT2D eigenvalue weighted by atomic mass is 10.1. The topological polar surface area (TPSA) is 81.1 Å². The number of benzene rings is 3. The third-order valence-electron chi connectivity index (χ3n) is 6.03. The fraction of sp³-hybridized carbons (Fsp3) is 0.0741. The summed E-state index contributed by atoms with van der Waals surface area (Å²) in [6.07, 6.45) is 3.51. The highest BCUT2D eigenvalue weighted by Crippen LogP contribution is 2.32. The number of amides is 1. The highest BCUT2D eigenvalue weighted by molar-refractivity contribution is 6.21. The number of carbonyl (C=O) groups excluding carboxylic acids is 1. The zero-order chi connectivity index (χ0) is 23.2. The summed E-state index contributed by atoms with van der Waals surface area (Å²) in [7, 11) is 3.36. The number of rotatable bonds is 3. The molecule has 7 nitrogen and oxygen atoms in total. The minimum absolute atomic E-state index is 0.142. The number of anilines is 1. The van der Waals surface area contributed by atoms with Gasteiger partial charge < -0.3 is 9.64 Å². The molecule has 0 saturated carbocycles. The van der Waals surface area contributed by atoms with E-state index in [-0.39, 0.29) is 5.91 Å². The number of hydrogen-bond donors (Lipinski definition) is 0. The van der Waals surface area contributed by atoms with E-state index in [9.17, 15) is 4.79 Å². The molecular formula is C27H19N5O2. The Balaban J connectivity index is 1.51. The number of carbonyl (C=O) groups is 1. The average Bonchev–Trinajstić information content (AvgIpc) is 2.91. The maximum atomic E-state index is 13.2. The predicted molar refractivity (Wildman–Crippen MR) is 133 cm³/mol. The van der Waals surface area contributed by atoms with Crippen molar-refractivity contribution in [3.63, 3.8) is 0 Å². The maximum Gasteiger partial charge on any atom is 0.258 e. The molecule has 1 amide bonds. The number of methoxy groups -OCH3 is 1. The van der Waals surface area contributed by atoms with Crippen LogP contribution in [0.2, 0.25) is 0 Å². The molecule has 164 valence electrons. The summed E-state index contributed by atoms with van der Waals surface area (Å²) in [6, 6.07) is 20.6. The molecule has 0 N–H and O–H groups in total. The predicted octanol–water partition coefficient (Wildman–Crippen LogP) is 5.16. The van der Waals surface area contributed by atoms with Crippen molar-refractivity contribution >= 4 is 55.5 Å². The number of nitrogens with zero attached hydrogens (tertiary/aromatic N) is 5. The van der Waals surface area contributed by atoms with E-state index in [1.165, 1.54) is 0 Å². The molecule has 0 aliphatic rings. The highest BCUT2D eigenvalue weighted by atomic mass is 16.5. The normalized spacial score (nSPS) is 11.4. The first kappa shape index (κ1) is 20.0. The van der Waals surface area contributed by atoms with Crippen LogP contribution < -0.4 is 9.64 Å². The van der Waals surface area contributed by atoms with Crippen molar-refractivity contribution in [2.24, 2.45) is 0 Å². The Kier molecular flexibility index (Phi) is 4.55. The molecule has 6 rings (SSSR count). The summed E-state index contributed by atoms with van der Waals surface area (Å²) in [5.41, 5.74) is 5.53. The van der Waals surface area contributed by atoms with Gasteiger partial charge >= 0.3 is 0 Å². The number of ether oxygens (including phenoxy) is 1. The number of hydrogen-bond acceptors (Lipinski definition) is 6. The molecule has 3 heterocycles. The molecule has 34 heavy (non-hydrogen) atoms. The standard InChI is InChI=1S/C27H19N5O2/c1-32(17-8-10-18(34-2)11-9-17)27(33)16-7-12-21-22(15-16)31-26-24-20(6-4-14-29-24)19-5-3-13-28-23(19)25(26)30-21/h3-15H,1-2H3. The summed E-state index contributed by atoms with van der Waals surface area (Å²) in [5, 5.41) is 1.96. The molecule has 0 saturated heterocycles. The van der Waals surface area contributed by atoms with Crippen molar-refractivity contribution in [2.75, 3.05) is 19.1 Å². The van der Waals surface area contributed by atoms with Gasteiger partial charge in [0, 0.05) is 41.5 Å². The average molecular weight is 445 g/mol. The fourth-order valence-electron chi connectivity index (χ4n) is 4.26. The van der Waals surface area contributed by atoms with Crippen molar-refractivity contribution in [1.29, 1.82) is 0 Å². The molecule has 6 aromatic rings. The minimum atomic E-state index is -0.142. The molecular weight excluding hydrogens is 426 g/mol. The van der Waals surface area contributed by atoms with Crippen LogP contribution in [0.5, 0.6) is 5.75 Å². The van der Waals surface area contributed by atoms with E-state index in [0.29, 0.717) is 27.6 Å². The largest absolute Gasteiger partial charge is 0.497 e. The van der Waals surface area contributed by atoms with Crippen LogP contribution in [-0.2, 0) is 0 Å². The Morgan fingerprint density at radius 2 is 1.38 bits per heavy atom. The Morgan fingerprint density at radius 3 is 2.00 bits per heavy atom. The first-order valence-corrected chi connectivity index (χ1v) is 10.8. The molecule has 0 atom stereocenters. The van der Waals surface area contributed by atoms with Crippen LogP contribution in [0.15, 0.2) is 79.1 Å². The van der Waals surface area contributed by atoms with Crippen molar-refractivity contribution in [2.45, 2.75) is 0 Å². The molecule has 0 bridgehead atoms. The van der Waals surface area contributed by atoms with Crippen molar-refractivity contribution in [3.05, 3.63) is 84.7 Å². The second-order valence-corrected chi connectivity index (χ2v) is 7.99. The van der Waals surface area contributed by atoms with Crippen molar-refractivity contribution in [3.8, 4) is 5.75 Å². The van der Waals surface area contributed by atoms with E-state index in [0.717, 1.165) is 33.2 Å². The van der Waals surface area contributed by atoms with Gasteiger partial charge in [0.2, 0.25) is 0 Å². The zero-order valence-electron chi connectivity index (χ0n) is 18.6. The smallest absolute Gasteiger partial charge is 0.258 e. The molecule has 3 aromatic carbocycles. The summed E-state index contributed by atoms with van der Waals surface area (Å²) in [5.74, 6) is 0.595. The summed E-state index contributed by atoms with van der Waals surface area (Å²) >= 11 is 0. The van der Waals surface area contributed by atoms with Gasteiger partial charge in [-0.15, -0.1) is 0 Å². The van der Waals surface area contributed by atoms with Crippen LogP contribution in [-0.4, -0.2) is 40.0 Å². The lowest BCUT2D eigenvalue weighted by Crippen LogP contribution is -2.26. The first-order chi connectivity index (χ1) is 16.6. The van der Waals surface area contributed by atoms with Crippen LogP contribution in [0.25, 0.3) is 43.9 Å². The van der Waals surface area contributed by atoms with Gasteiger partial charge in [-0.25, -0.2) is 9.97 Å². The van der Waals surface area contributed by atoms with Crippen molar-refractivity contribution in [1.82, 2.24) is 19.9 Å². The van der Waals surface area contributed by atoms with Crippen LogP contribution >= 0.6 is 0 Å². The first-order valence-electron chi connectivity index (χ1n) is 10.8. The summed E-state index contributed by atoms with van der Waals surface area (Å²) in [4.78, 5) is 33.8. The lowest BCUT2D eigenvalue weighted by molar-refractivity contribution is 0.0993.